The van der Waals surface area contributed by atoms with Gasteiger partial charge in [0.05, 0.1) is 11.2 Å². The van der Waals surface area contributed by atoms with Gasteiger partial charge in [-0.3, -0.25) is 4.79 Å². The second-order valence-electron chi connectivity index (χ2n) is 7.41. The van der Waals surface area contributed by atoms with Crippen LogP contribution in [0.15, 0.2) is 18.2 Å². The van der Waals surface area contributed by atoms with E-state index in [1.807, 2.05) is 4.90 Å². The molecule has 1 aliphatic carbocycles. The second kappa shape index (κ2) is 7.38. The van der Waals surface area contributed by atoms with Crippen molar-refractivity contribution in [2.75, 3.05) is 32.1 Å². The van der Waals surface area contributed by atoms with Crippen LogP contribution in [-0.2, 0) is 24.2 Å². The summed E-state index contributed by atoms with van der Waals surface area (Å²) in [6, 6.07) is 6.53. The van der Waals surface area contributed by atoms with Gasteiger partial charge in [0.15, 0.2) is 0 Å². The number of nitrogens with zero attached hydrogens (tertiary/aromatic N) is 3. The number of halogens is 1. The van der Waals surface area contributed by atoms with Crippen molar-refractivity contribution in [1.82, 2.24) is 9.47 Å². The first-order valence-electron chi connectivity index (χ1n) is 9.25. The highest BCUT2D eigenvalue weighted by Gasteiger charge is 2.28. The van der Waals surface area contributed by atoms with Crippen LogP contribution in [0.3, 0.4) is 0 Å². The molecular formula is C20H28ClN3O. The maximum Gasteiger partial charge on any atom is 0.228 e. The van der Waals surface area contributed by atoms with E-state index in [4.69, 9.17) is 0 Å². The minimum absolute atomic E-state index is 0. The van der Waals surface area contributed by atoms with Gasteiger partial charge in [0.1, 0.15) is 0 Å². The fraction of sp³-hybridized carbons (Fsp3) is 0.550. The van der Waals surface area contributed by atoms with Crippen molar-refractivity contribution in [1.29, 1.82) is 0 Å². The van der Waals surface area contributed by atoms with Gasteiger partial charge >= 0.3 is 0 Å². The molecule has 1 aromatic heterocycles. The Kier molecular flexibility index (Phi) is 5.40. The molecule has 0 bridgehead atoms. The zero-order valence-corrected chi connectivity index (χ0v) is 16.1. The predicted octanol–water partition coefficient (Wildman–Crippen LogP) is 3.63. The van der Waals surface area contributed by atoms with E-state index >= 15 is 0 Å². The molecule has 5 heteroatoms. The molecule has 0 saturated heterocycles. The summed E-state index contributed by atoms with van der Waals surface area (Å²) in [5, 5.41) is 1.38. The quantitative estimate of drug-likeness (QED) is 0.831. The van der Waals surface area contributed by atoms with Crippen molar-refractivity contribution in [2.24, 2.45) is 0 Å². The minimum atomic E-state index is 0. The lowest BCUT2D eigenvalue weighted by Gasteiger charge is -2.23. The van der Waals surface area contributed by atoms with Gasteiger partial charge in [-0.2, -0.15) is 0 Å². The Balaban J connectivity index is 0.00000182. The van der Waals surface area contributed by atoms with Crippen LogP contribution >= 0.6 is 12.4 Å². The van der Waals surface area contributed by atoms with Crippen LogP contribution in [0, 0.1) is 0 Å². The molecule has 0 N–H and O–H groups in total. The molecule has 25 heavy (non-hydrogen) atoms. The van der Waals surface area contributed by atoms with E-state index in [1.165, 1.54) is 35.9 Å². The molecule has 1 aliphatic heterocycles. The average Bonchev–Trinajstić information content (AvgIpc) is 2.83. The van der Waals surface area contributed by atoms with Gasteiger partial charge in [0.2, 0.25) is 5.91 Å². The van der Waals surface area contributed by atoms with Crippen LogP contribution in [0.2, 0.25) is 0 Å². The van der Waals surface area contributed by atoms with E-state index in [0.717, 1.165) is 38.2 Å². The third-order valence-corrected chi connectivity index (χ3v) is 5.50. The Bertz CT molecular complexity index is 781. The van der Waals surface area contributed by atoms with Crippen molar-refractivity contribution in [3.05, 3.63) is 29.5 Å². The molecule has 0 saturated carbocycles. The zero-order valence-electron chi connectivity index (χ0n) is 15.3. The molecule has 1 aromatic carbocycles. The van der Waals surface area contributed by atoms with Crippen LogP contribution < -0.4 is 4.90 Å². The van der Waals surface area contributed by atoms with E-state index in [1.54, 1.807) is 5.56 Å². The van der Waals surface area contributed by atoms with E-state index < -0.39 is 0 Å². The number of carbonyl (C=O) groups excluding carboxylic acids is 1. The Morgan fingerprint density at radius 1 is 1.12 bits per heavy atom. The van der Waals surface area contributed by atoms with Crippen LogP contribution in [-0.4, -0.2) is 42.6 Å². The zero-order chi connectivity index (χ0) is 16.7. The highest BCUT2D eigenvalue weighted by atomic mass is 35.5. The molecule has 0 atom stereocenters. The van der Waals surface area contributed by atoms with E-state index in [-0.39, 0.29) is 18.3 Å². The number of rotatable bonds is 4. The molecule has 2 aromatic rings. The number of hydrogen-bond acceptors (Lipinski definition) is 2. The number of hydrogen-bond donors (Lipinski definition) is 0. The maximum absolute atomic E-state index is 12.8. The molecule has 0 fully saturated rings. The number of benzene rings is 1. The fourth-order valence-corrected chi connectivity index (χ4v) is 4.40. The van der Waals surface area contributed by atoms with Crippen molar-refractivity contribution in [3.63, 3.8) is 0 Å². The van der Waals surface area contributed by atoms with Gasteiger partial charge < -0.3 is 14.4 Å². The minimum Gasteiger partial charge on any atom is -0.342 e. The van der Waals surface area contributed by atoms with E-state index in [2.05, 4.69) is 41.8 Å². The molecule has 1 amide bonds. The van der Waals surface area contributed by atoms with Gasteiger partial charge in [-0.1, -0.05) is 12.1 Å². The molecule has 0 radical (unpaired) electrons. The normalized spacial score (nSPS) is 16.8. The number of aryl methyl sites for hydroxylation is 2. The molecular weight excluding hydrogens is 334 g/mol. The second-order valence-corrected chi connectivity index (χ2v) is 7.41. The highest BCUT2D eigenvalue weighted by Crippen LogP contribution is 2.39. The summed E-state index contributed by atoms with van der Waals surface area (Å²) in [6.45, 7) is 2.66. The maximum atomic E-state index is 12.8. The van der Waals surface area contributed by atoms with Gasteiger partial charge in [-0.25, -0.2) is 0 Å². The van der Waals surface area contributed by atoms with Gasteiger partial charge in [0.25, 0.3) is 0 Å². The topological polar surface area (TPSA) is 28.5 Å². The molecule has 4 nitrogen and oxygen atoms in total. The van der Waals surface area contributed by atoms with Crippen LogP contribution in [0.25, 0.3) is 10.9 Å². The third kappa shape index (κ3) is 3.18. The molecule has 2 heterocycles. The fourth-order valence-electron chi connectivity index (χ4n) is 4.40. The van der Waals surface area contributed by atoms with Crippen molar-refractivity contribution >= 4 is 34.9 Å². The van der Waals surface area contributed by atoms with Crippen LogP contribution in [0.5, 0.6) is 0 Å². The summed E-state index contributed by atoms with van der Waals surface area (Å²) in [7, 11) is 4.17. The Morgan fingerprint density at radius 3 is 2.72 bits per heavy atom. The van der Waals surface area contributed by atoms with Crippen molar-refractivity contribution < 1.29 is 4.79 Å². The summed E-state index contributed by atoms with van der Waals surface area (Å²) in [5.41, 5.74) is 5.47. The summed E-state index contributed by atoms with van der Waals surface area (Å²) >= 11 is 0. The summed E-state index contributed by atoms with van der Waals surface area (Å²) in [6.07, 6.45) is 6.55. The first kappa shape index (κ1) is 18.3. The lowest BCUT2D eigenvalue weighted by atomic mass is 9.95. The number of carbonyl (C=O) groups is 1. The number of para-hydroxylation sites is 1. The monoisotopic (exact) mass is 361 g/mol. The lowest BCUT2D eigenvalue weighted by Crippen LogP contribution is -2.32. The molecule has 0 spiro atoms. The number of fused-ring (bicyclic) bond motifs is 3. The SMILES string of the molecule is CN(C)CCCN1C(=O)CCn2c3c(c4cccc1c42)CCCC3.Cl. The van der Waals surface area contributed by atoms with Gasteiger partial charge in [-0.05, 0) is 64.4 Å². The number of aromatic nitrogens is 1. The highest BCUT2D eigenvalue weighted by molar-refractivity contribution is 6.05. The van der Waals surface area contributed by atoms with E-state index in [9.17, 15) is 4.79 Å². The van der Waals surface area contributed by atoms with Crippen molar-refractivity contribution in [3.8, 4) is 0 Å². The molecule has 0 unspecified atom stereocenters. The first-order chi connectivity index (χ1) is 11.7. The molecule has 136 valence electrons. The van der Waals surface area contributed by atoms with Crippen molar-refractivity contribution in [2.45, 2.75) is 45.1 Å². The Labute approximate surface area is 156 Å². The summed E-state index contributed by atoms with van der Waals surface area (Å²) < 4.78 is 2.46. The van der Waals surface area contributed by atoms with Gasteiger partial charge in [-0.15, -0.1) is 12.4 Å². The van der Waals surface area contributed by atoms with E-state index in [0.29, 0.717) is 6.42 Å². The smallest absolute Gasteiger partial charge is 0.228 e. The van der Waals surface area contributed by atoms with Gasteiger partial charge in [0, 0.05) is 30.6 Å². The van der Waals surface area contributed by atoms with Crippen LogP contribution in [0.4, 0.5) is 5.69 Å². The number of amides is 1. The van der Waals surface area contributed by atoms with Crippen LogP contribution in [0.1, 0.15) is 36.9 Å². The molecule has 4 rings (SSSR count). The summed E-state index contributed by atoms with van der Waals surface area (Å²) in [5.74, 6) is 0.273. The Morgan fingerprint density at radius 2 is 1.92 bits per heavy atom. The average molecular weight is 362 g/mol. The Hall–Kier alpha value is -1.52. The first-order valence-corrected chi connectivity index (χ1v) is 9.25. The largest absolute Gasteiger partial charge is 0.342 e. The lowest BCUT2D eigenvalue weighted by molar-refractivity contribution is -0.118. The molecule has 2 aliphatic rings. The predicted molar refractivity (Wildman–Crippen MR) is 106 cm³/mol. The standard InChI is InChI=1S/C20H27N3O.ClH/c1-21(2)12-6-13-22-18-10-5-8-16-15-7-3-4-9-17(15)23(20(16)18)14-11-19(22)24;/h5,8,10H,3-4,6-7,9,11-14H2,1-2H3;1H. The third-order valence-electron chi connectivity index (χ3n) is 5.50. The summed E-state index contributed by atoms with van der Waals surface area (Å²) in [4.78, 5) is 17.0. The number of anilines is 1.